The molecule has 0 unspecified atom stereocenters. The molecule has 0 spiro atoms. The van der Waals surface area contributed by atoms with Crippen molar-refractivity contribution in [3.63, 3.8) is 0 Å². The third kappa shape index (κ3) is 4.00. The maximum Gasteiger partial charge on any atom is 0.227 e. The minimum atomic E-state index is 0.126. The molecule has 3 rings (SSSR count). The molecule has 1 aliphatic heterocycles. The van der Waals surface area contributed by atoms with Crippen molar-refractivity contribution >= 4 is 35.0 Å². The highest BCUT2D eigenvalue weighted by atomic mass is 35.5. The summed E-state index contributed by atoms with van der Waals surface area (Å²) in [6, 6.07) is 5.07. The van der Waals surface area contributed by atoms with Crippen molar-refractivity contribution in [1.82, 2.24) is 9.97 Å². The summed E-state index contributed by atoms with van der Waals surface area (Å²) in [6.45, 7) is 2.64. The average molecular weight is 385 g/mol. The van der Waals surface area contributed by atoms with Crippen molar-refractivity contribution in [3.8, 4) is 17.2 Å². The molecule has 1 aliphatic rings. The van der Waals surface area contributed by atoms with Gasteiger partial charge in [-0.15, -0.1) is 11.6 Å². The second-order valence-corrected chi connectivity index (χ2v) is 5.99. The van der Waals surface area contributed by atoms with Gasteiger partial charge in [0.15, 0.2) is 11.6 Å². The number of nitrogens with two attached hydrogens (primary N) is 1. The summed E-state index contributed by atoms with van der Waals surface area (Å²) in [6.07, 6.45) is 0. The van der Waals surface area contributed by atoms with Crippen LogP contribution in [0.3, 0.4) is 0 Å². The number of morpholine rings is 1. The summed E-state index contributed by atoms with van der Waals surface area (Å²) in [5.74, 6) is 2.13. The van der Waals surface area contributed by atoms with E-state index < -0.39 is 0 Å². The Kier molecular flexibility index (Phi) is 5.67. The third-order valence-electron chi connectivity index (χ3n) is 3.72. The number of rotatable bonds is 5. The van der Waals surface area contributed by atoms with Crippen LogP contribution in [0.25, 0.3) is 0 Å². The second-order valence-electron chi connectivity index (χ2n) is 5.32. The van der Waals surface area contributed by atoms with Gasteiger partial charge in [-0.3, -0.25) is 0 Å². The van der Waals surface area contributed by atoms with Crippen LogP contribution in [-0.2, 0) is 10.6 Å². The van der Waals surface area contributed by atoms with Gasteiger partial charge in [0.2, 0.25) is 5.95 Å². The van der Waals surface area contributed by atoms with Gasteiger partial charge in [0.25, 0.3) is 0 Å². The van der Waals surface area contributed by atoms with Gasteiger partial charge in [0.1, 0.15) is 17.2 Å². The molecule has 1 fully saturated rings. The van der Waals surface area contributed by atoms with Gasteiger partial charge in [-0.25, -0.2) is 4.98 Å². The first-order chi connectivity index (χ1) is 12.1. The van der Waals surface area contributed by atoms with Crippen LogP contribution >= 0.6 is 23.2 Å². The van der Waals surface area contributed by atoms with E-state index in [0.29, 0.717) is 60.2 Å². The second kappa shape index (κ2) is 7.95. The molecule has 0 saturated carbocycles. The first kappa shape index (κ1) is 17.8. The first-order valence-corrected chi connectivity index (χ1v) is 8.60. The number of nitrogen functional groups attached to an aromatic ring is 1. The predicted molar refractivity (Wildman–Crippen MR) is 97.1 cm³/mol. The number of aromatic nitrogens is 2. The van der Waals surface area contributed by atoms with E-state index in [1.165, 1.54) is 0 Å². The highest BCUT2D eigenvalue weighted by molar-refractivity contribution is 6.32. The SMILES string of the molecule is COc1ccc(Cl)c(Oc2c(N)nc(N3CCOCC3)nc2CCl)c1. The van der Waals surface area contributed by atoms with Crippen molar-refractivity contribution in [2.75, 3.05) is 44.0 Å². The van der Waals surface area contributed by atoms with E-state index in [4.69, 9.17) is 43.1 Å². The zero-order chi connectivity index (χ0) is 17.8. The summed E-state index contributed by atoms with van der Waals surface area (Å²) < 4.78 is 16.4. The van der Waals surface area contributed by atoms with Gasteiger partial charge in [-0.1, -0.05) is 11.6 Å². The molecular weight excluding hydrogens is 367 g/mol. The molecule has 134 valence electrons. The summed E-state index contributed by atoms with van der Waals surface area (Å²) in [5.41, 5.74) is 6.60. The molecule has 0 amide bonds. The van der Waals surface area contributed by atoms with E-state index in [9.17, 15) is 0 Å². The summed E-state index contributed by atoms with van der Waals surface area (Å²) in [7, 11) is 1.56. The zero-order valence-corrected chi connectivity index (χ0v) is 15.2. The molecule has 1 aromatic carbocycles. The molecule has 0 atom stereocenters. The third-order valence-corrected chi connectivity index (χ3v) is 4.29. The Hall–Kier alpha value is -1.96. The van der Waals surface area contributed by atoms with Crippen molar-refractivity contribution in [3.05, 3.63) is 28.9 Å². The molecule has 7 nitrogen and oxygen atoms in total. The first-order valence-electron chi connectivity index (χ1n) is 7.68. The summed E-state index contributed by atoms with van der Waals surface area (Å²) >= 11 is 12.2. The van der Waals surface area contributed by atoms with Gasteiger partial charge < -0.3 is 24.8 Å². The lowest BCUT2D eigenvalue weighted by Gasteiger charge is -2.27. The molecule has 0 bridgehead atoms. The Morgan fingerprint density at radius 2 is 2.04 bits per heavy atom. The maximum absolute atomic E-state index is 6.19. The van der Waals surface area contributed by atoms with E-state index in [0.717, 1.165) is 0 Å². The molecular formula is C16H18Cl2N4O3. The van der Waals surface area contributed by atoms with Crippen LogP contribution in [0.1, 0.15) is 5.69 Å². The van der Waals surface area contributed by atoms with E-state index in [1.807, 2.05) is 4.90 Å². The van der Waals surface area contributed by atoms with Crippen LogP contribution in [0, 0.1) is 0 Å². The fourth-order valence-electron chi connectivity index (χ4n) is 2.41. The van der Waals surface area contributed by atoms with Crippen LogP contribution in [0.4, 0.5) is 11.8 Å². The molecule has 0 radical (unpaired) electrons. The Morgan fingerprint density at radius 1 is 1.28 bits per heavy atom. The van der Waals surface area contributed by atoms with Crippen LogP contribution in [0.2, 0.25) is 5.02 Å². The number of hydrogen-bond donors (Lipinski definition) is 1. The number of hydrogen-bond acceptors (Lipinski definition) is 7. The van der Waals surface area contributed by atoms with E-state index in [-0.39, 0.29) is 11.7 Å². The average Bonchev–Trinajstić information content (AvgIpc) is 2.65. The van der Waals surface area contributed by atoms with Gasteiger partial charge in [0.05, 0.1) is 31.2 Å². The fourth-order valence-corrected chi connectivity index (χ4v) is 2.75. The van der Waals surface area contributed by atoms with Crippen LogP contribution < -0.4 is 20.1 Å². The molecule has 1 aromatic heterocycles. The van der Waals surface area contributed by atoms with Crippen LogP contribution in [0.5, 0.6) is 17.2 Å². The Bertz CT molecular complexity index is 754. The predicted octanol–water partition coefficient (Wildman–Crippen LogP) is 3.09. The van der Waals surface area contributed by atoms with E-state index in [2.05, 4.69) is 9.97 Å². The number of alkyl halides is 1. The Balaban J connectivity index is 1.93. The standard InChI is InChI=1S/C16H18Cl2N4O3/c1-23-10-2-3-11(18)13(8-10)25-14-12(9-17)20-16(21-15(14)19)22-4-6-24-7-5-22/h2-3,8H,4-7,9H2,1H3,(H2,19,20,21). The number of ether oxygens (including phenoxy) is 3. The van der Waals surface area contributed by atoms with Crippen molar-refractivity contribution in [2.45, 2.75) is 5.88 Å². The Morgan fingerprint density at radius 3 is 2.72 bits per heavy atom. The summed E-state index contributed by atoms with van der Waals surface area (Å²) in [5, 5.41) is 0.415. The summed E-state index contributed by atoms with van der Waals surface area (Å²) in [4.78, 5) is 10.8. The lowest BCUT2D eigenvalue weighted by molar-refractivity contribution is 0.122. The number of anilines is 2. The fraction of sp³-hybridized carbons (Fsp3) is 0.375. The van der Waals surface area contributed by atoms with Crippen LogP contribution in [0.15, 0.2) is 18.2 Å². The maximum atomic E-state index is 6.19. The molecule has 25 heavy (non-hydrogen) atoms. The van der Waals surface area contributed by atoms with Crippen molar-refractivity contribution < 1.29 is 14.2 Å². The molecule has 2 aromatic rings. The van der Waals surface area contributed by atoms with Gasteiger partial charge >= 0.3 is 0 Å². The van der Waals surface area contributed by atoms with Crippen LogP contribution in [-0.4, -0.2) is 43.4 Å². The molecule has 9 heteroatoms. The van der Waals surface area contributed by atoms with Gasteiger partial charge in [-0.2, -0.15) is 4.98 Å². The minimum Gasteiger partial charge on any atom is -0.497 e. The number of benzene rings is 1. The zero-order valence-electron chi connectivity index (χ0n) is 13.7. The van der Waals surface area contributed by atoms with E-state index >= 15 is 0 Å². The van der Waals surface area contributed by atoms with E-state index in [1.54, 1.807) is 25.3 Å². The smallest absolute Gasteiger partial charge is 0.227 e. The highest BCUT2D eigenvalue weighted by Crippen LogP contribution is 2.37. The lowest BCUT2D eigenvalue weighted by Crippen LogP contribution is -2.37. The molecule has 0 aliphatic carbocycles. The lowest BCUT2D eigenvalue weighted by atomic mass is 10.3. The minimum absolute atomic E-state index is 0.126. The topological polar surface area (TPSA) is 82.7 Å². The van der Waals surface area contributed by atoms with Crippen molar-refractivity contribution in [1.29, 1.82) is 0 Å². The normalized spacial score (nSPS) is 14.4. The Labute approximate surface area is 155 Å². The highest BCUT2D eigenvalue weighted by Gasteiger charge is 2.20. The molecule has 1 saturated heterocycles. The number of methoxy groups -OCH3 is 1. The largest absolute Gasteiger partial charge is 0.497 e. The van der Waals surface area contributed by atoms with Gasteiger partial charge in [-0.05, 0) is 12.1 Å². The number of nitrogens with zero attached hydrogens (tertiary/aromatic N) is 3. The monoisotopic (exact) mass is 384 g/mol. The molecule has 2 N–H and O–H groups in total. The quantitative estimate of drug-likeness (QED) is 0.792. The van der Waals surface area contributed by atoms with Gasteiger partial charge in [0, 0.05) is 19.2 Å². The molecule has 2 heterocycles. The number of halogens is 2. The van der Waals surface area contributed by atoms with Crippen molar-refractivity contribution in [2.24, 2.45) is 0 Å².